The first-order chi connectivity index (χ1) is 9.61. The molecule has 0 amide bonds. The van der Waals surface area contributed by atoms with Gasteiger partial charge in [-0.25, -0.2) is 4.98 Å². The van der Waals surface area contributed by atoms with E-state index in [1.807, 2.05) is 6.92 Å². The Bertz CT molecular complexity index is 490. The SMILES string of the molecule is CCNc1nc(C)c([N+](=O)[O-])c(SCC2CCCC2)n1. The van der Waals surface area contributed by atoms with E-state index in [1.54, 1.807) is 6.92 Å². The van der Waals surface area contributed by atoms with Crippen LogP contribution in [0.5, 0.6) is 0 Å². The van der Waals surface area contributed by atoms with Crippen molar-refractivity contribution >= 4 is 23.4 Å². The number of aromatic nitrogens is 2. The molecule has 1 N–H and O–H groups in total. The minimum atomic E-state index is -0.373. The van der Waals surface area contributed by atoms with Crippen molar-refractivity contribution in [2.75, 3.05) is 17.6 Å². The first-order valence-corrected chi connectivity index (χ1v) is 8.00. The predicted octanol–water partition coefficient (Wildman–Crippen LogP) is 3.41. The van der Waals surface area contributed by atoms with Crippen LogP contribution in [-0.2, 0) is 0 Å². The molecule has 0 atom stereocenters. The van der Waals surface area contributed by atoms with E-state index in [4.69, 9.17) is 0 Å². The zero-order valence-corrected chi connectivity index (χ0v) is 12.7. The largest absolute Gasteiger partial charge is 0.354 e. The topological polar surface area (TPSA) is 81.0 Å². The molecule has 6 nitrogen and oxygen atoms in total. The summed E-state index contributed by atoms with van der Waals surface area (Å²) in [6.45, 7) is 4.32. The van der Waals surface area contributed by atoms with Crippen LogP contribution in [-0.4, -0.2) is 27.2 Å². The van der Waals surface area contributed by atoms with Gasteiger partial charge in [0, 0.05) is 12.3 Å². The Morgan fingerprint density at radius 1 is 1.40 bits per heavy atom. The lowest BCUT2D eigenvalue weighted by atomic mass is 10.1. The molecule has 0 aliphatic heterocycles. The summed E-state index contributed by atoms with van der Waals surface area (Å²) in [5.74, 6) is 2.05. The predicted molar refractivity (Wildman–Crippen MR) is 80.3 cm³/mol. The van der Waals surface area contributed by atoms with Crippen LogP contribution in [0.1, 0.15) is 38.3 Å². The summed E-state index contributed by atoms with van der Waals surface area (Å²) < 4.78 is 0. The lowest BCUT2D eigenvalue weighted by Gasteiger charge is -2.10. The fourth-order valence-corrected chi connectivity index (χ4v) is 3.70. The van der Waals surface area contributed by atoms with E-state index in [0.29, 0.717) is 29.1 Å². The summed E-state index contributed by atoms with van der Waals surface area (Å²) in [5, 5.41) is 14.7. The first kappa shape index (κ1) is 15.0. The zero-order chi connectivity index (χ0) is 14.5. The van der Waals surface area contributed by atoms with Gasteiger partial charge in [0.1, 0.15) is 5.69 Å². The molecule has 0 aromatic carbocycles. The smallest absolute Gasteiger partial charge is 0.322 e. The second-order valence-electron chi connectivity index (χ2n) is 5.04. The van der Waals surface area contributed by atoms with Gasteiger partial charge in [-0.3, -0.25) is 10.1 Å². The number of aryl methyl sites for hydroxylation is 1. The van der Waals surface area contributed by atoms with Crippen molar-refractivity contribution in [1.29, 1.82) is 0 Å². The number of thioether (sulfide) groups is 1. The summed E-state index contributed by atoms with van der Waals surface area (Å²) in [6.07, 6.45) is 5.01. The van der Waals surface area contributed by atoms with Crippen molar-refractivity contribution in [3.63, 3.8) is 0 Å². The van der Waals surface area contributed by atoms with Crippen LogP contribution >= 0.6 is 11.8 Å². The Morgan fingerprint density at radius 2 is 2.10 bits per heavy atom. The van der Waals surface area contributed by atoms with Crippen LogP contribution in [0.25, 0.3) is 0 Å². The molecule has 1 aliphatic rings. The monoisotopic (exact) mass is 296 g/mol. The van der Waals surface area contributed by atoms with Crippen molar-refractivity contribution in [2.24, 2.45) is 5.92 Å². The summed E-state index contributed by atoms with van der Waals surface area (Å²) in [5.41, 5.74) is 0.476. The molecular weight excluding hydrogens is 276 g/mol. The van der Waals surface area contributed by atoms with Crippen molar-refractivity contribution in [3.8, 4) is 0 Å². The Labute approximate surface area is 122 Å². The van der Waals surface area contributed by atoms with Crippen LogP contribution in [0.3, 0.4) is 0 Å². The molecule has 1 fully saturated rings. The quantitative estimate of drug-likeness (QED) is 0.375. The molecule has 0 bridgehead atoms. The van der Waals surface area contributed by atoms with Gasteiger partial charge >= 0.3 is 5.69 Å². The molecule has 1 heterocycles. The maximum absolute atomic E-state index is 11.2. The molecule has 20 heavy (non-hydrogen) atoms. The van der Waals surface area contributed by atoms with Gasteiger partial charge in [-0.05, 0) is 32.6 Å². The molecule has 110 valence electrons. The third-order valence-electron chi connectivity index (χ3n) is 3.47. The van der Waals surface area contributed by atoms with Crippen LogP contribution in [0.15, 0.2) is 5.03 Å². The Morgan fingerprint density at radius 3 is 2.70 bits per heavy atom. The van der Waals surface area contributed by atoms with Crippen LogP contribution in [0, 0.1) is 23.0 Å². The Kier molecular flexibility index (Phi) is 5.17. The normalized spacial score (nSPS) is 15.5. The van der Waals surface area contributed by atoms with Crippen molar-refractivity contribution < 1.29 is 4.92 Å². The van der Waals surface area contributed by atoms with E-state index < -0.39 is 0 Å². The number of anilines is 1. The van der Waals surface area contributed by atoms with Crippen molar-refractivity contribution in [1.82, 2.24) is 9.97 Å². The van der Waals surface area contributed by atoms with Gasteiger partial charge in [0.15, 0.2) is 5.03 Å². The highest BCUT2D eigenvalue weighted by Gasteiger charge is 2.24. The summed E-state index contributed by atoms with van der Waals surface area (Å²) in [6, 6.07) is 0. The molecule has 7 heteroatoms. The van der Waals surface area contributed by atoms with Gasteiger partial charge in [0.05, 0.1) is 4.92 Å². The number of rotatable bonds is 6. The van der Waals surface area contributed by atoms with Gasteiger partial charge in [0.2, 0.25) is 5.95 Å². The highest BCUT2D eigenvalue weighted by molar-refractivity contribution is 7.99. The second-order valence-corrected chi connectivity index (χ2v) is 6.04. The number of nitro groups is 1. The van der Waals surface area contributed by atoms with E-state index in [0.717, 1.165) is 5.75 Å². The number of nitrogens with zero attached hydrogens (tertiary/aromatic N) is 3. The highest BCUT2D eigenvalue weighted by Crippen LogP contribution is 2.35. The third-order valence-corrected chi connectivity index (χ3v) is 4.67. The van der Waals surface area contributed by atoms with E-state index in [2.05, 4.69) is 15.3 Å². The minimum Gasteiger partial charge on any atom is -0.354 e. The molecule has 1 aromatic heterocycles. The average Bonchev–Trinajstić information content (AvgIpc) is 2.88. The highest BCUT2D eigenvalue weighted by atomic mass is 32.2. The van der Waals surface area contributed by atoms with Crippen LogP contribution in [0.4, 0.5) is 11.6 Å². The van der Waals surface area contributed by atoms with E-state index in [9.17, 15) is 10.1 Å². The number of hydrogen-bond acceptors (Lipinski definition) is 6. The van der Waals surface area contributed by atoms with E-state index in [1.165, 1.54) is 37.4 Å². The molecular formula is C13H20N4O2S. The third kappa shape index (κ3) is 3.59. The summed E-state index contributed by atoms with van der Waals surface area (Å²) in [7, 11) is 0. The van der Waals surface area contributed by atoms with Gasteiger partial charge in [-0.1, -0.05) is 24.6 Å². The van der Waals surface area contributed by atoms with Crippen LogP contribution in [0.2, 0.25) is 0 Å². The lowest BCUT2D eigenvalue weighted by Crippen LogP contribution is -2.08. The van der Waals surface area contributed by atoms with Crippen molar-refractivity contribution in [2.45, 2.75) is 44.6 Å². The van der Waals surface area contributed by atoms with Gasteiger partial charge < -0.3 is 5.32 Å². The average molecular weight is 296 g/mol. The molecule has 1 saturated carbocycles. The van der Waals surface area contributed by atoms with Gasteiger partial charge in [0.25, 0.3) is 0 Å². The second kappa shape index (κ2) is 6.88. The fraction of sp³-hybridized carbons (Fsp3) is 0.692. The molecule has 0 spiro atoms. The van der Waals surface area contributed by atoms with Gasteiger partial charge in [-0.15, -0.1) is 0 Å². The maximum Gasteiger partial charge on any atom is 0.322 e. The standard InChI is InChI=1S/C13H20N4O2S/c1-3-14-13-15-9(2)11(17(18)19)12(16-13)20-8-10-6-4-5-7-10/h10H,3-8H2,1-2H3,(H,14,15,16). The number of hydrogen-bond donors (Lipinski definition) is 1. The minimum absolute atomic E-state index is 0.0506. The molecule has 0 unspecified atom stereocenters. The Balaban J connectivity index is 2.19. The van der Waals surface area contributed by atoms with Crippen LogP contribution < -0.4 is 5.32 Å². The first-order valence-electron chi connectivity index (χ1n) is 7.01. The fourth-order valence-electron chi connectivity index (χ4n) is 2.46. The molecule has 1 aromatic rings. The molecule has 0 radical (unpaired) electrons. The van der Waals surface area contributed by atoms with Crippen molar-refractivity contribution in [3.05, 3.63) is 15.8 Å². The van der Waals surface area contributed by atoms with E-state index in [-0.39, 0.29) is 10.6 Å². The molecule has 2 rings (SSSR count). The summed E-state index contributed by atoms with van der Waals surface area (Å²) in [4.78, 5) is 19.3. The lowest BCUT2D eigenvalue weighted by molar-refractivity contribution is -0.389. The van der Waals surface area contributed by atoms with E-state index >= 15 is 0 Å². The Hall–Kier alpha value is -1.37. The van der Waals surface area contributed by atoms with Gasteiger partial charge in [-0.2, -0.15) is 4.98 Å². The zero-order valence-electron chi connectivity index (χ0n) is 11.9. The maximum atomic E-state index is 11.2. The summed E-state index contributed by atoms with van der Waals surface area (Å²) >= 11 is 1.49. The molecule has 0 saturated heterocycles. The molecule has 1 aliphatic carbocycles. The number of nitrogens with one attached hydrogen (secondary N) is 1.